The smallest absolute Gasteiger partial charge is 0.0935 e. The summed E-state index contributed by atoms with van der Waals surface area (Å²) in [6.45, 7) is 0. The van der Waals surface area contributed by atoms with E-state index in [9.17, 15) is 0 Å². The van der Waals surface area contributed by atoms with E-state index >= 15 is 0 Å². The van der Waals surface area contributed by atoms with Gasteiger partial charge in [0.05, 0.1) is 12.5 Å². The molecule has 1 heterocycles. The number of hydrogen-bond donors (Lipinski definition) is 1. The van der Waals surface area contributed by atoms with E-state index in [1.165, 1.54) is 31.2 Å². The molecule has 3 rings (SSSR count). The van der Waals surface area contributed by atoms with Crippen LogP contribution in [0.25, 0.3) is 0 Å². The summed E-state index contributed by atoms with van der Waals surface area (Å²) in [5.74, 6) is 1.68. The summed E-state index contributed by atoms with van der Waals surface area (Å²) in [5, 5.41) is 0. The van der Waals surface area contributed by atoms with Gasteiger partial charge >= 0.3 is 0 Å². The van der Waals surface area contributed by atoms with Gasteiger partial charge in [-0.25, -0.2) is 0 Å². The van der Waals surface area contributed by atoms with Crippen LogP contribution in [0, 0.1) is 11.8 Å². The topological polar surface area (TPSA) is 39.2 Å². The van der Waals surface area contributed by atoms with Crippen molar-refractivity contribution in [1.29, 1.82) is 0 Å². The minimum absolute atomic E-state index is 0.0762. The van der Waals surface area contributed by atoms with Gasteiger partial charge in [0.25, 0.3) is 0 Å². The first-order valence-corrected chi connectivity index (χ1v) is 5.56. The molecule has 2 fully saturated rings. The Morgan fingerprint density at radius 2 is 2.43 bits per heavy atom. The van der Waals surface area contributed by atoms with Crippen molar-refractivity contribution in [3.05, 3.63) is 24.2 Å². The first-order valence-electron chi connectivity index (χ1n) is 5.56. The molecular weight excluding hydrogens is 174 g/mol. The van der Waals surface area contributed by atoms with Crippen molar-refractivity contribution in [3.8, 4) is 0 Å². The summed E-state index contributed by atoms with van der Waals surface area (Å²) in [4.78, 5) is 0. The molecule has 3 atom stereocenters. The van der Waals surface area contributed by atoms with Crippen molar-refractivity contribution in [2.45, 2.75) is 37.6 Å². The molecule has 2 heteroatoms. The highest BCUT2D eigenvalue weighted by Gasteiger charge is 2.48. The third kappa shape index (κ3) is 1.21. The zero-order chi connectivity index (χ0) is 9.60. The molecule has 2 aliphatic carbocycles. The Bertz CT molecular complexity index is 319. The molecule has 76 valence electrons. The molecule has 2 nitrogen and oxygen atoms in total. The molecule has 1 aromatic heterocycles. The third-order valence-corrected chi connectivity index (χ3v) is 4.14. The Morgan fingerprint density at radius 3 is 3.00 bits per heavy atom. The van der Waals surface area contributed by atoms with Crippen LogP contribution in [0.15, 0.2) is 23.0 Å². The quantitative estimate of drug-likeness (QED) is 0.779. The standard InChI is InChI=1S/C12H17NO/c13-12(7-10-3-4-14-8-10)6-9-1-2-11(12)5-9/h3-4,8-9,11H,1-2,5-7,13H2. The first kappa shape index (κ1) is 8.54. The Labute approximate surface area is 84.5 Å². The Morgan fingerprint density at radius 1 is 1.50 bits per heavy atom. The molecule has 2 saturated carbocycles. The second-order valence-electron chi connectivity index (χ2n) is 5.12. The predicted molar refractivity (Wildman–Crippen MR) is 54.8 cm³/mol. The molecule has 1 aromatic rings. The van der Waals surface area contributed by atoms with Gasteiger partial charge in [0.2, 0.25) is 0 Å². The molecular formula is C12H17NO. The molecule has 2 bridgehead atoms. The average Bonchev–Trinajstić information content (AvgIpc) is 2.78. The molecule has 0 radical (unpaired) electrons. The zero-order valence-corrected chi connectivity index (χ0v) is 8.41. The number of fused-ring (bicyclic) bond motifs is 2. The summed E-state index contributed by atoms with van der Waals surface area (Å²) in [6, 6.07) is 2.04. The van der Waals surface area contributed by atoms with Crippen molar-refractivity contribution >= 4 is 0 Å². The van der Waals surface area contributed by atoms with E-state index in [2.05, 4.69) is 0 Å². The molecule has 0 spiro atoms. The van der Waals surface area contributed by atoms with E-state index in [4.69, 9.17) is 10.2 Å². The molecule has 2 N–H and O–H groups in total. The highest BCUT2D eigenvalue weighted by Crippen LogP contribution is 2.50. The van der Waals surface area contributed by atoms with Crippen LogP contribution in [0.1, 0.15) is 31.2 Å². The van der Waals surface area contributed by atoms with Gasteiger partial charge in [0.1, 0.15) is 0 Å². The van der Waals surface area contributed by atoms with Gasteiger partial charge in [0, 0.05) is 5.54 Å². The Balaban J connectivity index is 1.78. The fourth-order valence-electron chi connectivity index (χ4n) is 3.48. The molecule has 2 aliphatic rings. The SMILES string of the molecule is NC1(Cc2ccoc2)CC2CCC1C2. The minimum Gasteiger partial charge on any atom is -0.472 e. The summed E-state index contributed by atoms with van der Waals surface area (Å²) in [6.07, 6.45) is 9.93. The molecule has 3 unspecified atom stereocenters. The normalized spacial score (nSPS) is 40.6. The van der Waals surface area contributed by atoms with Crippen molar-refractivity contribution in [3.63, 3.8) is 0 Å². The number of furan rings is 1. The summed E-state index contributed by atoms with van der Waals surface area (Å²) >= 11 is 0. The largest absolute Gasteiger partial charge is 0.472 e. The second kappa shape index (κ2) is 2.86. The van der Waals surface area contributed by atoms with Gasteiger partial charge in [-0.2, -0.15) is 0 Å². The number of hydrogen-bond acceptors (Lipinski definition) is 2. The molecule has 14 heavy (non-hydrogen) atoms. The second-order valence-corrected chi connectivity index (χ2v) is 5.12. The highest BCUT2D eigenvalue weighted by molar-refractivity contribution is 5.15. The molecule has 0 aromatic carbocycles. The van der Waals surface area contributed by atoms with Crippen LogP contribution in [0.5, 0.6) is 0 Å². The lowest BCUT2D eigenvalue weighted by molar-refractivity contribution is 0.269. The average molecular weight is 191 g/mol. The van der Waals surface area contributed by atoms with Crippen LogP contribution in [-0.2, 0) is 6.42 Å². The monoisotopic (exact) mass is 191 g/mol. The molecule has 0 amide bonds. The van der Waals surface area contributed by atoms with Crippen LogP contribution in [-0.4, -0.2) is 5.54 Å². The van der Waals surface area contributed by atoms with Gasteiger partial charge in [0.15, 0.2) is 0 Å². The van der Waals surface area contributed by atoms with Crippen molar-refractivity contribution in [2.24, 2.45) is 17.6 Å². The van der Waals surface area contributed by atoms with E-state index < -0.39 is 0 Å². The van der Waals surface area contributed by atoms with Crippen LogP contribution in [0.3, 0.4) is 0 Å². The lowest BCUT2D eigenvalue weighted by Crippen LogP contribution is -2.46. The number of nitrogens with two attached hydrogens (primary N) is 1. The predicted octanol–water partition coefficient (Wildman–Crippen LogP) is 2.34. The Kier molecular flexibility index (Phi) is 1.75. The van der Waals surface area contributed by atoms with Crippen molar-refractivity contribution in [1.82, 2.24) is 0 Å². The van der Waals surface area contributed by atoms with Crippen LogP contribution >= 0.6 is 0 Å². The first-order chi connectivity index (χ1) is 6.76. The molecule has 0 aliphatic heterocycles. The summed E-state index contributed by atoms with van der Waals surface area (Å²) < 4.78 is 5.09. The van der Waals surface area contributed by atoms with Crippen LogP contribution < -0.4 is 5.73 Å². The lowest BCUT2D eigenvalue weighted by atomic mass is 9.78. The molecule has 0 saturated heterocycles. The summed E-state index contributed by atoms with van der Waals surface area (Å²) in [5.41, 5.74) is 7.83. The maximum Gasteiger partial charge on any atom is 0.0935 e. The van der Waals surface area contributed by atoms with E-state index in [1.54, 1.807) is 6.26 Å². The Hall–Kier alpha value is -0.760. The highest BCUT2D eigenvalue weighted by atomic mass is 16.3. The minimum atomic E-state index is 0.0762. The van der Waals surface area contributed by atoms with E-state index in [-0.39, 0.29) is 5.54 Å². The number of rotatable bonds is 2. The van der Waals surface area contributed by atoms with Gasteiger partial charge in [-0.05, 0) is 49.1 Å². The van der Waals surface area contributed by atoms with Crippen LogP contribution in [0.4, 0.5) is 0 Å². The lowest BCUT2D eigenvalue weighted by Gasteiger charge is -2.33. The fraction of sp³-hybridized carbons (Fsp3) is 0.667. The van der Waals surface area contributed by atoms with Crippen molar-refractivity contribution in [2.75, 3.05) is 0 Å². The van der Waals surface area contributed by atoms with E-state index in [0.29, 0.717) is 0 Å². The third-order valence-electron chi connectivity index (χ3n) is 4.14. The van der Waals surface area contributed by atoms with Gasteiger partial charge < -0.3 is 10.2 Å². The van der Waals surface area contributed by atoms with Gasteiger partial charge in [-0.3, -0.25) is 0 Å². The van der Waals surface area contributed by atoms with Crippen molar-refractivity contribution < 1.29 is 4.42 Å². The fourth-order valence-corrected chi connectivity index (χ4v) is 3.48. The van der Waals surface area contributed by atoms with E-state index in [0.717, 1.165) is 18.3 Å². The van der Waals surface area contributed by atoms with Gasteiger partial charge in [-0.15, -0.1) is 0 Å². The van der Waals surface area contributed by atoms with Crippen LogP contribution in [0.2, 0.25) is 0 Å². The summed E-state index contributed by atoms with van der Waals surface area (Å²) in [7, 11) is 0. The van der Waals surface area contributed by atoms with E-state index in [1.807, 2.05) is 12.3 Å². The maximum atomic E-state index is 6.49. The van der Waals surface area contributed by atoms with Gasteiger partial charge in [-0.1, -0.05) is 6.42 Å². The maximum absolute atomic E-state index is 6.49. The zero-order valence-electron chi connectivity index (χ0n) is 8.41.